The minimum atomic E-state index is -2.67. The SMILES string of the molecule is NC(CCc1ccccc1Cl)CC(=O)N(CCNCCc1ccc(O)c2[nH]c(=O)sc12)C1CCC(F)(F)CC1. The van der Waals surface area contributed by atoms with Gasteiger partial charge in [-0.1, -0.05) is 47.2 Å². The molecule has 1 unspecified atom stereocenters. The fourth-order valence-electron chi connectivity index (χ4n) is 5.15. The monoisotopic (exact) mass is 580 g/mol. The van der Waals surface area contributed by atoms with Crippen molar-refractivity contribution in [3.63, 3.8) is 0 Å². The molecule has 212 valence electrons. The van der Waals surface area contributed by atoms with E-state index in [4.69, 9.17) is 17.3 Å². The van der Waals surface area contributed by atoms with Crippen molar-refractivity contribution in [1.29, 1.82) is 0 Å². The van der Waals surface area contributed by atoms with Gasteiger partial charge in [0.15, 0.2) is 0 Å². The Morgan fingerprint density at radius 3 is 2.67 bits per heavy atom. The number of halogens is 3. The van der Waals surface area contributed by atoms with Gasteiger partial charge in [0.1, 0.15) is 11.3 Å². The molecule has 1 saturated carbocycles. The first kappa shape index (κ1) is 29.5. The molecule has 1 atom stereocenters. The van der Waals surface area contributed by atoms with Gasteiger partial charge in [-0.3, -0.25) is 9.59 Å². The van der Waals surface area contributed by atoms with Crippen LogP contribution in [0.5, 0.6) is 5.75 Å². The van der Waals surface area contributed by atoms with Gasteiger partial charge in [0.2, 0.25) is 11.8 Å². The highest BCUT2D eigenvalue weighted by atomic mass is 35.5. The van der Waals surface area contributed by atoms with Crippen LogP contribution in [0.25, 0.3) is 10.2 Å². The van der Waals surface area contributed by atoms with E-state index in [-0.39, 0.29) is 60.7 Å². The molecule has 7 nitrogen and oxygen atoms in total. The van der Waals surface area contributed by atoms with Crippen LogP contribution in [0.15, 0.2) is 41.2 Å². The molecule has 1 amide bonds. The van der Waals surface area contributed by atoms with Crippen molar-refractivity contribution >= 4 is 39.1 Å². The molecule has 1 aliphatic carbocycles. The normalized spacial score (nSPS) is 16.4. The van der Waals surface area contributed by atoms with Crippen molar-refractivity contribution in [2.45, 2.75) is 69.4 Å². The Labute approximate surface area is 235 Å². The first-order valence-electron chi connectivity index (χ1n) is 13.3. The highest BCUT2D eigenvalue weighted by Crippen LogP contribution is 2.35. The second-order valence-corrected chi connectivity index (χ2v) is 11.6. The summed E-state index contributed by atoms with van der Waals surface area (Å²) >= 11 is 7.30. The van der Waals surface area contributed by atoms with E-state index in [1.165, 1.54) is 0 Å². The van der Waals surface area contributed by atoms with Crippen molar-refractivity contribution in [2.24, 2.45) is 5.73 Å². The van der Waals surface area contributed by atoms with Gasteiger partial charge in [0, 0.05) is 49.5 Å². The Kier molecular flexibility index (Phi) is 9.98. The van der Waals surface area contributed by atoms with Gasteiger partial charge in [0.05, 0.1) is 4.70 Å². The number of phenols is 1. The average molecular weight is 581 g/mol. The van der Waals surface area contributed by atoms with Crippen LogP contribution in [-0.2, 0) is 17.6 Å². The van der Waals surface area contributed by atoms with Crippen molar-refractivity contribution in [2.75, 3.05) is 19.6 Å². The standard InChI is InChI=1S/C28H35ClF2N4O3S/c29-22-4-2-1-3-18(22)5-7-20(32)17-24(37)35(21-9-12-28(30,31)13-10-21)16-15-33-14-11-19-6-8-23(36)25-26(19)39-27(38)34-25/h1-4,6,8,20-21,33,36H,5,7,9-17,32H2,(H,34,38). The molecule has 11 heteroatoms. The Balaban J connectivity index is 1.31. The van der Waals surface area contributed by atoms with Crippen molar-refractivity contribution < 1.29 is 18.7 Å². The molecule has 1 aliphatic rings. The van der Waals surface area contributed by atoms with Crippen LogP contribution in [0.4, 0.5) is 8.78 Å². The van der Waals surface area contributed by atoms with Crippen molar-refractivity contribution in [3.05, 3.63) is 62.2 Å². The Morgan fingerprint density at radius 1 is 1.18 bits per heavy atom. The zero-order valence-corrected chi connectivity index (χ0v) is 23.3. The number of hydrogen-bond acceptors (Lipinski definition) is 6. The van der Waals surface area contributed by atoms with E-state index in [1.54, 1.807) is 17.0 Å². The largest absolute Gasteiger partial charge is 0.506 e. The predicted octanol–water partition coefficient (Wildman–Crippen LogP) is 4.84. The molecule has 4 rings (SSSR count). The molecular weight excluding hydrogens is 546 g/mol. The lowest BCUT2D eigenvalue weighted by Crippen LogP contribution is -2.48. The van der Waals surface area contributed by atoms with Crippen molar-refractivity contribution in [3.8, 4) is 5.75 Å². The number of aromatic amines is 1. The number of H-pyrrole nitrogens is 1. The molecule has 1 heterocycles. The molecule has 1 aromatic heterocycles. The Morgan fingerprint density at radius 2 is 1.92 bits per heavy atom. The van der Waals surface area contributed by atoms with Gasteiger partial charge < -0.3 is 26.0 Å². The average Bonchev–Trinajstić information content (AvgIpc) is 3.30. The lowest BCUT2D eigenvalue weighted by molar-refractivity contribution is -0.137. The predicted molar refractivity (Wildman–Crippen MR) is 152 cm³/mol. The number of carbonyl (C=O) groups excluding carboxylic acids is 1. The number of amides is 1. The maximum atomic E-state index is 13.8. The molecule has 1 fully saturated rings. The molecule has 5 N–H and O–H groups in total. The quantitative estimate of drug-likeness (QED) is 0.229. The van der Waals surface area contributed by atoms with Crippen LogP contribution in [0, 0.1) is 0 Å². The Hall–Kier alpha value is -2.53. The number of rotatable bonds is 12. The van der Waals surface area contributed by atoms with E-state index in [2.05, 4.69) is 10.3 Å². The van der Waals surface area contributed by atoms with Crippen LogP contribution in [0.1, 0.15) is 49.7 Å². The topological polar surface area (TPSA) is 111 Å². The maximum Gasteiger partial charge on any atom is 0.305 e. The number of benzene rings is 2. The summed E-state index contributed by atoms with van der Waals surface area (Å²) in [7, 11) is 0. The van der Waals surface area contributed by atoms with Gasteiger partial charge >= 0.3 is 4.87 Å². The minimum Gasteiger partial charge on any atom is -0.506 e. The third kappa shape index (κ3) is 8.00. The smallest absolute Gasteiger partial charge is 0.305 e. The van der Waals surface area contributed by atoms with Crippen LogP contribution >= 0.6 is 22.9 Å². The number of hydrogen-bond donors (Lipinski definition) is 4. The summed E-state index contributed by atoms with van der Waals surface area (Å²) in [5.74, 6) is -2.75. The zero-order valence-electron chi connectivity index (χ0n) is 21.7. The van der Waals surface area contributed by atoms with Crippen molar-refractivity contribution in [1.82, 2.24) is 15.2 Å². The number of aromatic hydroxyl groups is 1. The molecule has 0 saturated heterocycles. The summed E-state index contributed by atoms with van der Waals surface area (Å²) in [6, 6.07) is 10.3. The second-order valence-electron chi connectivity index (χ2n) is 10.2. The van der Waals surface area contributed by atoms with Gasteiger partial charge in [-0.2, -0.15) is 0 Å². The number of alkyl halides is 2. The number of phenolic OH excluding ortho intramolecular Hbond substituents is 1. The molecule has 0 bridgehead atoms. The molecule has 3 aromatic rings. The number of nitrogens with two attached hydrogens (primary N) is 1. The molecular formula is C28H35ClF2N4O3S. The Bertz CT molecular complexity index is 1320. The zero-order chi connectivity index (χ0) is 28.0. The fourth-order valence-corrected chi connectivity index (χ4v) is 6.28. The number of nitrogens with zero attached hydrogens (tertiary/aromatic N) is 1. The number of thiazole rings is 1. The van der Waals surface area contributed by atoms with E-state index >= 15 is 0 Å². The van der Waals surface area contributed by atoms with E-state index < -0.39 is 5.92 Å². The van der Waals surface area contributed by atoms with Crippen LogP contribution in [0.2, 0.25) is 5.02 Å². The van der Waals surface area contributed by atoms with Gasteiger partial charge in [0.25, 0.3) is 0 Å². The lowest BCUT2D eigenvalue weighted by Gasteiger charge is -2.37. The van der Waals surface area contributed by atoms with Crippen LogP contribution < -0.4 is 15.9 Å². The third-order valence-corrected chi connectivity index (χ3v) is 8.69. The molecule has 2 aromatic carbocycles. The summed E-state index contributed by atoms with van der Waals surface area (Å²) in [5.41, 5.74) is 8.68. The first-order valence-corrected chi connectivity index (χ1v) is 14.5. The first-order chi connectivity index (χ1) is 18.6. The molecule has 0 aliphatic heterocycles. The summed E-state index contributed by atoms with van der Waals surface area (Å²) in [5, 5.41) is 14.0. The molecule has 0 radical (unpaired) electrons. The summed E-state index contributed by atoms with van der Waals surface area (Å²) in [6.07, 6.45) is 2.13. The second kappa shape index (κ2) is 13.2. The number of aryl methyl sites for hydroxylation is 1. The third-order valence-electron chi connectivity index (χ3n) is 7.37. The van der Waals surface area contributed by atoms with Crippen LogP contribution in [-0.4, -0.2) is 58.5 Å². The van der Waals surface area contributed by atoms with Gasteiger partial charge in [-0.05, 0) is 61.9 Å². The fraction of sp³-hybridized carbons (Fsp3) is 0.500. The highest BCUT2D eigenvalue weighted by Gasteiger charge is 2.38. The molecule has 0 spiro atoms. The minimum absolute atomic E-state index is 0.0392. The number of carbonyl (C=O) groups is 1. The lowest BCUT2D eigenvalue weighted by atomic mass is 9.90. The summed E-state index contributed by atoms with van der Waals surface area (Å²) < 4.78 is 28.4. The highest BCUT2D eigenvalue weighted by molar-refractivity contribution is 7.16. The number of aromatic nitrogens is 1. The van der Waals surface area contributed by atoms with E-state index in [9.17, 15) is 23.5 Å². The van der Waals surface area contributed by atoms with Crippen LogP contribution in [0.3, 0.4) is 0 Å². The van der Waals surface area contributed by atoms with Gasteiger partial charge in [-0.25, -0.2) is 8.78 Å². The van der Waals surface area contributed by atoms with E-state index in [0.717, 1.165) is 27.2 Å². The maximum absolute atomic E-state index is 13.8. The summed E-state index contributed by atoms with van der Waals surface area (Å²) in [6.45, 7) is 1.49. The van der Waals surface area contributed by atoms with E-state index in [1.807, 2.05) is 24.3 Å². The summed E-state index contributed by atoms with van der Waals surface area (Å²) in [4.78, 5) is 29.2. The molecule has 39 heavy (non-hydrogen) atoms. The number of nitrogens with one attached hydrogen (secondary N) is 2. The number of fused-ring (bicyclic) bond motifs is 1. The van der Waals surface area contributed by atoms with Gasteiger partial charge in [-0.15, -0.1) is 0 Å². The van der Waals surface area contributed by atoms with E-state index in [0.29, 0.717) is 49.4 Å².